The van der Waals surface area contributed by atoms with E-state index in [4.69, 9.17) is 15.4 Å². The van der Waals surface area contributed by atoms with E-state index in [2.05, 4.69) is 47.8 Å². The third-order valence-electron chi connectivity index (χ3n) is 2.55. The highest BCUT2D eigenvalue weighted by molar-refractivity contribution is 9.11. The van der Waals surface area contributed by atoms with Crippen LogP contribution in [0.5, 0.6) is 5.75 Å². The van der Waals surface area contributed by atoms with Gasteiger partial charge >= 0.3 is 0 Å². The Labute approximate surface area is 152 Å². The van der Waals surface area contributed by atoms with E-state index >= 15 is 0 Å². The van der Waals surface area contributed by atoms with E-state index in [1.54, 1.807) is 0 Å². The van der Waals surface area contributed by atoms with Gasteiger partial charge in [-0.05, 0) is 61.7 Å². The molecule has 0 spiro atoms. The normalized spacial score (nSPS) is 11.4. The standard InChI is InChI=1S/C13H8Br3ClO3S/c14-9-3-1-8(2-4-9)7-20-13-11(15)5-10(6-12(13)16)21(17,18)19/h1-6H,7H2. The molecule has 0 bridgehead atoms. The molecule has 0 amide bonds. The molecule has 112 valence electrons. The average molecular weight is 519 g/mol. The molecule has 2 aromatic carbocycles. The molecule has 0 heterocycles. The van der Waals surface area contributed by atoms with Gasteiger partial charge in [0.15, 0.2) is 0 Å². The number of halogens is 4. The monoisotopic (exact) mass is 516 g/mol. The molecular weight excluding hydrogens is 511 g/mol. The van der Waals surface area contributed by atoms with Crippen LogP contribution in [0.15, 0.2) is 54.7 Å². The molecular formula is C13H8Br3ClO3S. The van der Waals surface area contributed by atoms with Gasteiger partial charge in [0, 0.05) is 15.2 Å². The molecule has 0 saturated carbocycles. The fourth-order valence-electron chi connectivity index (χ4n) is 1.55. The first kappa shape index (κ1) is 17.3. The zero-order valence-electron chi connectivity index (χ0n) is 10.3. The molecule has 8 heteroatoms. The molecule has 0 aliphatic heterocycles. The van der Waals surface area contributed by atoms with E-state index in [1.807, 2.05) is 24.3 Å². The van der Waals surface area contributed by atoms with Crippen molar-refractivity contribution in [2.24, 2.45) is 0 Å². The molecule has 0 fully saturated rings. The second kappa shape index (κ2) is 7.00. The first-order valence-electron chi connectivity index (χ1n) is 5.58. The van der Waals surface area contributed by atoms with Gasteiger partial charge in [0.2, 0.25) is 0 Å². The number of benzene rings is 2. The van der Waals surface area contributed by atoms with Crippen molar-refractivity contribution in [1.82, 2.24) is 0 Å². The van der Waals surface area contributed by atoms with Crippen LogP contribution >= 0.6 is 58.5 Å². The number of hydrogen-bond acceptors (Lipinski definition) is 3. The van der Waals surface area contributed by atoms with Crippen molar-refractivity contribution in [1.29, 1.82) is 0 Å². The van der Waals surface area contributed by atoms with E-state index < -0.39 is 9.05 Å². The lowest BCUT2D eigenvalue weighted by molar-refractivity contribution is 0.302. The Morgan fingerprint density at radius 2 is 1.52 bits per heavy atom. The van der Waals surface area contributed by atoms with Gasteiger partial charge in [-0.2, -0.15) is 0 Å². The SMILES string of the molecule is O=S(=O)(Cl)c1cc(Br)c(OCc2ccc(Br)cc2)c(Br)c1. The summed E-state index contributed by atoms with van der Waals surface area (Å²) in [7, 11) is 1.54. The Balaban J connectivity index is 2.23. The van der Waals surface area contributed by atoms with Crippen LogP contribution in [0.4, 0.5) is 0 Å². The Morgan fingerprint density at radius 1 is 1.00 bits per heavy atom. The number of ether oxygens (including phenoxy) is 1. The van der Waals surface area contributed by atoms with Gasteiger partial charge < -0.3 is 4.74 Å². The molecule has 0 N–H and O–H groups in total. The van der Waals surface area contributed by atoms with Gasteiger partial charge in [-0.1, -0.05) is 28.1 Å². The average Bonchev–Trinajstić information content (AvgIpc) is 2.38. The topological polar surface area (TPSA) is 43.4 Å². The van der Waals surface area contributed by atoms with Crippen molar-refractivity contribution >= 4 is 67.5 Å². The highest BCUT2D eigenvalue weighted by Gasteiger charge is 2.16. The third-order valence-corrected chi connectivity index (χ3v) is 5.59. The summed E-state index contributed by atoms with van der Waals surface area (Å²) in [6, 6.07) is 10.5. The second-order valence-electron chi connectivity index (χ2n) is 4.07. The van der Waals surface area contributed by atoms with Crippen LogP contribution in [-0.4, -0.2) is 8.42 Å². The van der Waals surface area contributed by atoms with Crippen molar-refractivity contribution in [2.75, 3.05) is 0 Å². The van der Waals surface area contributed by atoms with Crippen LogP contribution < -0.4 is 4.74 Å². The van der Waals surface area contributed by atoms with Gasteiger partial charge in [-0.3, -0.25) is 0 Å². The van der Waals surface area contributed by atoms with Crippen molar-refractivity contribution in [3.63, 3.8) is 0 Å². The molecule has 2 rings (SSSR count). The lowest BCUT2D eigenvalue weighted by Crippen LogP contribution is -1.98. The van der Waals surface area contributed by atoms with Gasteiger partial charge in [0.05, 0.1) is 13.8 Å². The molecule has 0 aliphatic carbocycles. The summed E-state index contributed by atoms with van der Waals surface area (Å²) >= 11 is 9.95. The quantitative estimate of drug-likeness (QED) is 0.503. The Kier molecular flexibility index (Phi) is 5.76. The summed E-state index contributed by atoms with van der Waals surface area (Å²) in [6.45, 7) is 0.359. The van der Waals surface area contributed by atoms with E-state index in [9.17, 15) is 8.42 Å². The van der Waals surface area contributed by atoms with Crippen molar-refractivity contribution in [3.8, 4) is 5.75 Å². The number of hydrogen-bond donors (Lipinski definition) is 0. The second-order valence-corrected chi connectivity index (χ2v) is 9.26. The smallest absolute Gasteiger partial charge is 0.261 e. The molecule has 0 atom stereocenters. The predicted molar refractivity (Wildman–Crippen MR) is 93.4 cm³/mol. The molecule has 2 aromatic rings. The molecule has 0 aromatic heterocycles. The number of rotatable bonds is 4. The molecule has 3 nitrogen and oxygen atoms in total. The molecule has 0 saturated heterocycles. The van der Waals surface area contributed by atoms with E-state index in [0.717, 1.165) is 10.0 Å². The zero-order chi connectivity index (χ0) is 15.6. The summed E-state index contributed by atoms with van der Waals surface area (Å²) in [4.78, 5) is -0.00101. The van der Waals surface area contributed by atoms with E-state index in [-0.39, 0.29) is 4.90 Å². The maximum absolute atomic E-state index is 11.3. The zero-order valence-corrected chi connectivity index (χ0v) is 16.6. The van der Waals surface area contributed by atoms with Crippen LogP contribution in [0.1, 0.15) is 5.56 Å². The van der Waals surface area contributed by atoms with Gasteiger partial charge in [-0.15, -0.1) is 0 Å². The maximum Gasteiger partial charge on any atom is 0.261 e. The lowest BCUT2D eigenvalue weighted by atomic mass is 10.2. The highest BCUT2D eigenvalue weighted by atomic mass is 79.9. The first-order valence-corrected chi connectivity index (χ1v) is 10.3. The first-order chi connectivity index (χ1) is 9.77. The largest absolute Gasteiger partial charge is 0.487 e. The Hall–Kier alpha value is -0.0800. The van der Waals surface area contributed by atoms with Gasteiger partial charge in [0.1, 0.15) is 12.4 Å². The van der Waals surface area contributed by atoms with Crippen molar-refractivity contribution < 1.29 is 13.2 Å². The predicted octanol–water partition coefficient (Wildman–Crippen LogP) is 5.48. The minimum atomic E-state index is -3.78. The van der Waals surface area contributed by atoms with Crippen LogP contribution in [0.2, 0.25) is 0 Å². The summed E-state index contributed by atoms with van der Waals surface area (Å²) in [5.74, 6) is 0.516. The van der Waals surface area contributed by atoms with Crippen LogP contribution in [0.25, 0.3) is 0 Å². The Bertz CT molecular complexity index is 738. The molecule has 21 heavy (non-hydrogen) atoms. The minimum absolute atomic E-state index is 0.00101. The fourth-order valence-corrected chi connectivity index (χ4v) is 4.32. The summed E-state index contributed by atoms with van der Waals surface area (Å²) < 4.78 is 30.4. The molecule has 0 unspecified atom stereocenters. The Morgan fingerprint density at radius 3 is 2.00 bits per heavy atom. The van der Waals surface area contributed by atoms with Crippen LogP contribution in [0.3, 0.4) is 0 Å². The van der Waals surface area contributed by atoms with Gasteiger partial charge in [-0.25, -0.2) is 8.42 Å². The maximum atomic E-state index is 11.3. The third kappa shape index (κ3) is 4.69. The molecule has 0 aliphatic rings. The fraction of sp³-hybridized carbons (Fsp3) is 0.0769. The van der Waals surface area contributed by atoms with Crippen LogP contribution in [0, 0.1) is 0 Å². The highest BCUT2D eigenvalue weighted by Crippen LogP contribution is 2.37. The van der Waals surface area contributed by atoms with Crippen LogP contribution in [-0.2, 0) is 15.7 Å². The van der Waals surface area contributed by atoms with Crippen molar-refractivity contribution in [3.05, 3.63) is 55.4 Å². The lowest BCUT2D eigenvalue weighted by Gasteiger charge is -2.11. The van der Waals surface area contributed by atoms with E-state index in [0.29, 0.717) is 21.3 Å². The minimum Gasteiger partial charge on any atom is -0.487 e. The summed E-state index contributed by atoms with van der Waals surface area (Å²) in [5, 5.41) is 0. The van der Waals surface area contributed by atoms with Gasteiger partial charge in [0.25, 0.3) is 9.05 Å². The van der Waals surface area contributed by atoms with E-state index in [1.165, 1.54) is 12.1 Å². The molecule has 0 radical (unpaired) electrons. The summed E-state index contributed by atoms with van der Waals surface area (Å²) in [5.41, 5.74) is 0.992. The summed E-state index contributed by atoms with van der Waals surface area (Å²) in [6.07, 6.45) is 0. The van der Waals surface area contributed by atoms with Crippen molar-refractivity contribution in [2.45, 2.75) is 11.5 Å².